The molecule has 1 amide bonds. The molecule has 26 heavy (non-hydrogen) atoms. The highest BCUT2D eigenvalue weighted by atomic mass is 16.2. The molecule has 0 aliphatic rings. The Labute approximate surface area is 151 Å². The molecule has 0 fully saturated rings. The number of hydrogen-bond donors (Lipinski definition) is 1. The van der Waals surface area contributed by atoms with Gasteiger partial charge in [0.2, 0.25) is 5.91 Å². The molecule has 8 nitrogen and oxygen atoms in total. The van der Waals surface area contributed by atoms with Crippen LogP contribution in [0.4, 0.5) is 0 Å². The normalized spacial score (nSPS) is 10.5. The number of carbonyl (C=O) groups excluding carboxylic acids is 1. The van der Waals surface area contributed by atoms with Crippen molar-refractivity contribution in [3.8, 4) is 6.07 Å². The lowest BCUT2D eigenvalue weighted by Gasteiger charge is -2.07. The van der Waals surface area contributed by atoms with E-state index >= 15 is 0 Å². The van der Waals surface area contributed by atoms with Crippen molar-refractivity contribution < 1.29 is 4.79 Å². The van der Waals surface area contributed by atoms with Crippen LogP contribution in [-0.4, -0.2) is 30.5 Å². The highest BCUT2D eigenvalue weighted by Gasteiger charge is 2.13. The Kier molecular flexibility index (Phi) is 5.08. The van der Waals surface area contributed by atoms with Crippen molar-refractivity contribution in [3.63, 3.8) is 0 Å². The van der Waals surface area contributed by atoms with E-state index < -0.39 is 0 Å². The standard InChI is InChI=1S/C18H19N7O/c1-13-16(9-20-18(26)11-24-12-21-17(8-19)23-24)14(2)25(22-13)10-15-6-4-3-5-7-15/h3-7,12H,9-11H2,1-2H3,(H,20,26). The number of nitrogens with one attached hydrogen (secondary N) is 1. The summed E-state index contributed by atoms with van der Waals surface area (Å²) in [5.74, 6) is -0.152. The molecule has 0 saturated carbocycles. The van der Waals surface area contributed by atoms with E-state index in [0.717, 1.165) is 17.0 Å². The summed E-state index contributed by atoms with van der Waals surface area (Å²) in [6, 6.07) is 11.9. The molecular weight excluding hydrogens is 330 g/mol. The molecule has 2 aromatic heterocycles. The maximum Gasteiger partial charge on any atom is 0.252 e. The van der Waals surface area contributed by atoms with Crippen LogP contribution >= 0.6 is 0 Å². The molecule has 0 spiro atoms. The van der Waals surface area contributed by atoms with Gasteiger partial charge in [-0.3, -0.25) is 9.48 Å². The third kappa shape index (κ3) is 3.95. The lowest BCUT2D eigenvalue weighted by Crippen LogP contribution is -2.27. The van der Waals surface area contributed by atoms with Crippen molar-refractivity contribution in [3.05, 3.63) is 65.0 Å². The summed E-state index contributed by atoms with van der Waals surface area (Å²) in [7, 11) is 0. The Balaban J connectivity index is 1.62. The second-order valence-electron chi connectivity index (χ2n) is 5.95. The predicted octanol–water partition coefficient (Wildman–Crippen LogP) is 1.33. The summed E-state index contributed by atoms with van der Waals surface area (Å²) >= 11 is 0. The van der Waals surface area contributed by atoms with Gasteiger partial charge in [-0.1, -0.05) is 30.3 Å². The van der Waals surface area contributed by atoms with Crippen molar-refractivity contribution in [2.45, 2.75) is 33.5 Å². The number of benzene rings is 1. The van der Waals surface area contributed by atoms with Gasteiger partial charge in [-0.25, -0.2) is 9.67 Å². The van der Waals surface area contributed by atoms with Gasteiger partial charge in [0.1, 0.15) is 18.9 Å². The van der Waals surface area contributed by atoms with Crippen molar-refractivity contribution in [1.29, 1.82) is 5.26 Å². The minimum Gasteiger partial charge on any atom is -0.350 e. The smallest absolute Gasteiger partial charge is 0.252 e. The lowest BCUT2D eigenvalue weighted by atomic mass is 10.2. The topological polar surface area (TPSA) is 101 Å². The fraction of sp³-hybridized carbons (Fsp3) is 0.278. The molecule has 0 atom stereocenters. The fourth-order valence-electron chi connectivity index (χ4n) is 2.71. The first kappa shape index (κ1) is 17.4. The SMILES string of the molecule is Cc1nn(Cc2ccccc2)c(C)c1CNC(=O)Cn1cnc(C#N)n1. The zero-order valence-corrected chi connectivity index (χ0v) is 14.7. The molecule has 3 aromatic rings. The van der Waals surface area contributed by atoms with E-state index in [2.05, 4.69) is 32.6 Å². The van der Waals surface area contributed by atoms with Crippen molar-refractivity contribution >= 4 is 5.91 Å². The molecule has 8 heteroatoms. The first-order valence-electron chi connectivity index (χ1n) is 8.20. The number of hydrogen-bond acceptors (Lipinski definition) is 5. The number of amides is 1. The number of nitrogens with zero attached hydrogens (tertiary/aromatic N) is 6. The van der Waals surface area contributed by atoms with E-state index in [0.29, 0.717) is 13.1 Å². The van der Waals surface area contributed by atoms with Crippen LogP contribution < -0.4 is 5.32 Å². The minimum atomic E-state index is -0.200. The molecule has 0 saturated heterocycles. The summed E-state index contributed by atoms with van der Waals surface area (Å²) in [5.41, 5.74) is 4.10. The van der Waals surface area contributed by atoms with E-state index in [1.54, 1.807) is 0 Å². The fourth-order valence-corrected chi connectivity index (χ4v) is 2.71. The zero-order chi connectivity index (χ0) is 18.5. The Hall–Kier alpha value is -3.47. The largest absolute Gasteiger partial charge is 0.350 e. The van der Waals surface area contributed by atoms with Crippen LogP contribution in [0.1, 0.15) is 28.3 Å². The molecule has 0 radical (unpaired) electrons. The summed E-state index contributed by atoms with van der Waals surface area (Å²) in [5, 5.41) is 20.0. The minimum absolute atomic E-state index is 0.0188. The van der Waals surface area contributed by atoms with Gasteiger partial charge in [0, 0.05) is 17.8 Å². The molecule has 3 rings (SSSR count). The van der Waals surface area contributed by atoms with Gasteiger partial charge >= 0.3 is 0 Å². The van der Waals surface area contributed by atoms with Gasteiger partial charge < -0.3 is 5.32 Å². The van der Waals surface area contributed by atoms with Crippen molar-refractivity contribution in [2.24, 2.45) is 0 Å². The molecule has 132 valence electrons. The number of carbonyl (C=O) groups is 1. The number of rotatable bonds is 6. The average Bonchev–Trinajstić information content (AvgIpc) is 3.19. The Morgan fingerprint density at radius 2 is 2.00 bits per heavy atom. The van der Waals surface area contributed by atoms with Crippen LogP contribution in [0, 0.1) is 25.2 Å². The molecule has 1 N–H and O–H groups in total. The molecule has 0 bridgehead atoms. The first-order valence-corrected chi connectivity index (χ1v) is 8.20. The molecule has 0 aliphatic heterocycles. The average molecular weight is 349 g/mol. The maximum atomic E-state index is 12.1. The molecule has 1 aromatic carbocycles. The zero-order valence-electron chi connectivity index (χ0n) is 14.7. The van der Waals surface area contributed by atoms with E-state index in [1.165, 1.54) is 16.6 Å². The Bertz CT molecular complexity index is 950. The van der Waals surface area contributed by atoms with Crippen LogP contribution in [0.5, 0.6) is 0 Å². The quantitative estimate of drug-likeness (QED) is 0.723. The molecular formula is C18H19N7O. The van der Waals surface area contributed by atoms with Gasteiger partial charge in [-0.05, 0) is 19.4 Å². The van der Waals surface area contributed by atoms with E-state index in [4.69, 9.17) is 5.26 Å². The number of aryl methyl sites for hydroxylation is 1. The lowest BCUT2D eigenvalue weighted by molar-refractivity contribution is -0.122. The summed E-state index contributed by atoms with van der Waals surface area (Å²) in [6.07, 6.45) is 1.37. The van der Waals surface area contributed by atoms with Crippen LogP contribution in [0.25, 0.3) is 0 Å². The van der Waals surface area contributed by atoms with Gasteiger partial charge in [0.05, 0.1) is 12.2 Å². The number of nitriles is 1. The van der Waals surface area contributed by atoms with Crippen molar-refractivity contribution in [2.75, 3.05) is 0 Å². The summed E-state index contributed by atoms with van der Waals surface area (Å²) < 4.78 is 3.29. The van der Waals surface area contributed by atoms with E-state index in [-0.39, 0.29) is 18.3 Å². The highest BCUT2D eigenvalue weighted by Crippen LogP contribution is 2.14. The third-order valence-electron chi connectivity index (χ3n) is 4.11. The highest BCUT2D eigenvalue weighted by molar-refractivity contribution is 5.75. The van der Waals surface area contributed by atoms with E-state index in [9.17, 15) is 4.79 Å². The van der Waals surface area contributed by atoms with Gasteiger partial charge in [0.25, 0.3) is 5.82 Å². The molecule has 2 heterocycles. The predicted molar refractivity (Wildman–Crippen MR) is 93.8 cm³/mol. The number of aromatic nitrogens is 5. The van der Waals surface area contributed by atoms with E-state index in [1.807, 2.05) is 42.8 Å². The van der Waals surface area contributed by atoms with Crippen molar-refractivity contribution in [1.82, 2.24) is 29.9 Å². The van der Waals surface area contributed by atoms with Crippen LogP contribution in [0.2, 0.25) is 0 Å². The maximum absolute atomic E-state index is 12.1. The summed E-state index contributed by atoms with van der Waals surface area (Å²) in [4.78, 5) is 15.9. The monoisotopic (exact) mass is 349 g/mol. The second-order valence-corrected chi connectivity index (χ2v) is 5.95. The first-order chi connectivity index (χ1) is 12.6. The third-order valence-corrected chi connectivity index (χ3v) is 4.11. The van der Waals surface area contributed by atoms with Crippen LogP contribution in [0.3, 0.4) is 0 Å². The van der Waals surface area contributed by atoms with Crippen LogP contribution in [0.15, 0.2) is 36.7 Å². The summed E-state index contributed by atoms with van der Waals surface area (Å²) in [6.45, 7) is 5.04. The molecule has 0 aliphatic carbocycles. The van der Waals surface area contributed by atoms with Gasteiger partial charge in [0.15, 0.2) is 0 Å². The second kappa shape index (κ2) is 7.61. The Morgan fingerprint density at radius 3 is 2.69 bits per heavy atom. The van der Waals surface area contributed by atoms with Crippen LogP contribution in [-0.2, 0) is 24.4 Å². The van der Waals surface area contributed by atoms with Gasteiger partial charge in [-0.15, -0.1) is 5.10 Å². The Morgan fingerprint density at radius 1 is 1.23 bits per heavy atom. The molecule has 0 unspecified atom stereocenters. The van der Waals surface area contributed by atoms with Gasteiger partial charge in [-0.2, -0.15) is 10.4 Å².